The predicted molar refractivity (Wildman–Crippen MR) is 124 cm³/mol. The second-order valence-electron chi connectivity index (χ2n) is 7.34. The van der Waals surface area contributed by atoms with E-state index in [-0.39, 0.29) is 17.0 Å². The second-order valence-corrected chi connectivity index (χ2v) is 7.77. The largest absolute Gasteiger partial charge is 0.352 e. The average Bonchev–Trinajstić information content (AvgIpc) is 2.80. The lowest BCUT2D eigenvalue weighted by Crippen LogP contribution is -2.34. The molecule has 156 valence electrons. The summed E-state index contributed by atoms with van der Waals surface area (Å²) in [6.45, 7) is 0.800. The van der Waals surface area contributed by atoms with Gasteiger partial charge in [0.05, 0.1) is 6.54 Å². The summed E-state index contributed by atoms with van der Waals surface area (Å²) in [5.41, 5.74) is 2.43. The Morgan fingerprint density at radius 2 is 1.74 bits per heavy atom. The summed E-state index contributed by atoms with van der Waals surface area (Å²) >= 11 is 5.97. The number of benzene rings is 2. The molecule has 4 rings (SSSR count). The van der Waals surface area contributed by atoms with E-state index in [0.29, 0.717) is 23.8 Å². The van der Waals surface area contributed by atoms with E-state index in [2.05, 4.69) is 22.4 Å². The molecule has 6 heteroatoms. The van der Waals surface area contributed by atoms with Gasteiger partial charge >= 0.3 is 0 Å². The number of pyridine rings is 2. The van der Waals surface area contributed by atoms with Crippen LogP contribution in [0.2, 0.25) is 5.02 Å². The maximum atomic E-state index is 13.2. The van der Waals surface area contributed by atoms with Crippen LogP contribution in [0.25, 0.3) is 11.0 Å². The molecule has 2 heterocycles. The molecule has 31 heavy (non-hydrogen) atoms. The van der Waals surface area contributed by atoms with Crippen molar-refractivity contribution >= 4 is 28.5 Å². The van der Waals surface area contributed by atoms with Crippen LogP contribution < -0.4 is 10.9 Å². The molecule has 0 unspecified atom stereocenters. The fourth-order valence-corrected chi connectivity index (χ4v) is 3.65. The highest BCUT2D eigenvalue weighted by Gasteiger charge is 2.16. The topological polar surface area (TPSA) is 64.0 Å². The number of hydrogen-bond acceptors (Lipinski definition) is 3. The van der Waals surface area contributed by atoms with E-state index >= 15 is 0 Å². The van der Waals surface area contributed by atoms with Crippen molar-refractivity contribution in [2.75, 3.05) is 6.54 Å². The Balaban J connectivity index is 1.55. The minimum Gasteiger partial charge on any atom is -0.352 e. The van der Waals surface area contributed by atoms with Crippen LogP contribution in [0.15, 0.2) is 83.8 Å². The molecule has 1 amide bonds. The first-order chi connectivity index (χ1) is 15.1. The van der Waals surface area contributed by atoms with Gasteiger partial charge < -0.3 is 5.32 Å². The van der Waals surface area contributed by atoms with Crippen molar-refractivity contribution < 1.29 is 4.79 Å². The van der Waals surface area contributed by atoms with Gasteiger partial charge in [0.2, 0.25) is 0 Å². The first kappa shape index (κ1) is 20.8. The third kappa shape index (κ3) is 5.01. The lowest BCUT2D eigenvalue weighted by Gasteiger charge is -2.12. The average molecular weight is 432 g/mol. The van der Waals surface area contributed by atoms with Gasteiger partial charge in [-0.1, -0.05) is 54.1 Å². The van der Waals surface area contributed by atoms with Crippen molar-refractivity contribution in [3.63, 3.8) is 0 Å². The molecule has 0 atom stereocenters. The van der Waals surface area contributed by atoms with E-state index in [9.17, 15) is 9.59 Å². The Morgan fingerprint density at radius 3 is 2.52 bits per heavy atom. The van der Waals surface area contributed by atoms with Gasteiger partial charge in [-0.15, -0.1) is 0 Å². The van der Waals surface area contributed by atoms with E-state index < -0.39 is 0 Å². The zero-order chi connectivity index (χ0) is 21.6. The smallest absolute Gasteiger partial charge is 0.265 e. The van der Waals surface area contributed by atoms with Gasteiger partial charge in [-0.05, 0) is 54.3 Å². The van der Waals surface area contributed by atoms with Crippen molar-refractivity contribution in [2.24, 2.45) is 0 Å². The zero-order valence-corrected chi connectivity index (χ0v) is 17.7. The van der Waals surface area contributed by atoms with Crippen LogP contribution in [0, 0.1) is 0 Å². The van der Waals surface area contributed by atoms with Crippen molar-refractivity contribution in [3.05, 3.63) is 111 Å². The van der Waals surface area contributed by atoms with Gasteiger partial charge in [-0.25, -0.2) is 4.98 Å². The van der Waals surface area contributed by atoms with E-state index in [4.69, 9.17) is 11.6 Å². The first-order valence-electron chi connectivity index (χ1n) is 10.2. The molecule has 4 aromatic rings. The van der Waals surface area contributed by atoms with E-state index in [1.807, 2.05) is 36.4 Å². The number of carbonyl (C=O) groups excluding carboxylic acids is 1. The van der Waals surface area contributed by atoms with Crippen LogP contribution in [-0.2, 0) is 13.0 Å². The Morgan fingerprint density at radius 1 is 0.968 bits per heavy atom. The number of nitrogens with one attached hydrogen (secondary N) is 1. The first-order valence-corrected chi connectivity index (χ1v) is 10.5. The lowest BCUT2D eigenvalue weighted by molar-refractivity contribution is 0.0951. The standard InChI is InChI=1S/C25H22ClN3O2/c26-21-12-10-19(11-13-21)17-29-23-20(9-5-14-27-23)16-22(25(29)31)24(30)28-15-4-8-18-6-2-1-3-7-18/h1-3,5-7,9-14,16H,4,8,15,17H2,(H,28,30). The fourth-order valence-electron chi connectivity index (χ4n) is 3.52. The number of fused-ring (bicyclic) bond motifs is 1. The zero-order valence-electron chi connectivity index (χ0n) is 16.9. The molecule has 2 aromatic heterocycles. The lowest BCUT2D eigenvalue weighted by atomic mass is 10.1. The Bertz CT molecular complexity index is 1250. The molecule has 0 spiro atoms. The van der Waals surface area contributed by atoms with Crippen molar-refractivity contribution in [1.29, 1.82) is 0 Å². The van der Waals surface area contributed by atoms with Gasteiger partial charge in [0.25, 0.3) is 11.5 Å². The van der Waals surface area contributed by atoms with E-state index in [1.165, 1.54) is 10.1 Å². The van der Waals surface area contributed by atoms with Crippen LogP contribution in [0.4, 0.5) is 0 Å². The molecule has 0 radical (unpaired) electrons. The molecule has 0 saturated carbocycles. The fraction of sp³-hybridized carbons (Fsp3) is 0.160. The molecule has 0 aliphatic heterocycles. The van der Waals surface area contributed by atoms with Crippen molar-refractivity contribution in [2.45, 2.75) is 19.4 Å². The molecule has 0 aliphatic carbocycles. The summed E-state index contributed by atoms with van der Waals surface area (Å²) in [6.07, 6.45) is 3.30. The minimum absolute atomic E-state index is 0.120. The number of aromatic nitrogens is 2. The van der Waals surface area contributed by atoms with Crippen LogP contribution in [0.1, 0.15) is 27.9 Å². The normalized spacial score (nSPS) is 10.9. The molecule has 0 fully saturated rings. The highest BCUT2D eigenvalue weighted by Crippen LogP contribution is 2.15. The summed E-state index contributed by atoms with van der Waals surface area (Å²) in [5, 5.41) is 4.25. The SMILES string of the molecule is O=C(NCCCc1ccccc1)c1cc2cccnc2n(Cc2ccc(Cl)cc2)c1=O. The summed E-state index contributed by atoms with van der Waals surface area (Å²) in [4.78, 5) is 30.4. The maximum absolute atomic E-state index is 13.2. The number of rotatable bonds is 7. The van der Waals surface area contributed by atoms with Gasteiger partial charge in [0, 0.05) is 23.2 Å². The number of amides is 1. The number of carbonyl (C=O) groups is 1. The van der Waals surface area contributed by atoms with Gasteiger partial charge in [0.15, 0.2) is 0 Å². The van der Waals surface area contributed by atoms with Crippen LogP contribution in [0.3, 0.4) is 0 Å². The molecular weight excluding hydrogens is 410 g/mol. The van der Waals surface area contributed by atoms with Crippen molar-refractivity contribution in [1.82, 2.24) is 14.9 Å². The third-order valence-electron chi connectivity index (χ3n) is 5.12. The quantitative estimate of drug-likeness (QED) is 0.439. The summed E-state index contributed by atoms with van der Waals surface area (Å²) in [7, 11) is 0. The molecular formula is C25H22ClN3O2. The molecule has 2 aromatic carbocycles. The molecule has 0 saturated heterocycles. The Kier molecular flexibility index (Phi) is 6.43. The minimum atomic E-state index is -0.367. The maximum Gasteiger partial charge on any atom is 0.265 e. The van der Waals surface area contributed by atoms with Crippen LogP contribution in [0.5, 0.6) is 0 Å². The number of nitrogens with zero attached hydrogens (tertiary/aromatic N) is 2. The highest BCUT2D eigenvalue weighted by molar-refractivity contribution is 6.30. The van der Waals surface area contributed by atoms with Gasteiger partial charge in [-0.2, -0.15) is 0 Å². The van der Waals surface area contributed by atoms with Crippen LogP contribution >= 0.6 is 11.6 Å². The van der Waals surface area contributed by atoms with E-state index in [1.54, 1.807) is 30.5 Å². The Labute approximate surface area is 185 Å². The number of hydrogen-bond donors (Lipinski definition) is 1. The summed E-state index contributed by atoms with van der Waals surface area (Å²) in [5.74, 6) is -0.367. The number of halogens is 1. The molecule has 0 bridgehead atoms. The molecule has 1 N–H and O–H groups in total. The highest BCUT2D eigenvalue weighted by atomic mass is 35.5. The van der Waals surface area contributed by atoms with Crippen LogP contribution in [-0.4, -0.2) is 22.0 Å². The summed E-state index contributed by atoms with van der Waals surface area (Å²) < 4.78 is 1.54. The van der Waals surface area contributed by atoms with Gasteiger partial charge in [-0.3, -0.25) is 14.2 Å². The van der Waals surface area contributed by atoms with Crippen molar-refractivity contribution in [3.8, 4) is 0 Å². The van der Waals surface area contributed by atoms with Gasteiger partial charge in [0.1, 0.15) is 11.2 Å². The summed E-state index contributed by atoms with van der Waals surface area (Å²) in [6, 6.07) is 22.7. The van der Waals surface area contributed by atoms with E-state index in [0.717, 1.165) is 23.8 Å². The second kappa shape index (κ2) is 9.58. The Hall–Kier alpha value is -3.44. The monoisotopic (exact) mass is 431 g/mol. The molecule has 5 nitrogen and oxygen atoms in total. The number of aryl methyl sites for hydroxylation is 1. The molecule has 0 aliphatic rings. The predicted octanol–water partition coefficient (Wildman–Crippen LogP) is 4.46. The third-order valence-corrected chi connectivity index (χ3v) is 5.37.